The highest BCUT2D eigenvalue weighted by Crippen LogP contribution is 2.24. The molecule has 1 fully saturated rings. The molecule has 4 rings (SSSR count). The van der Waals surface area contributed by atoms with Gasteiger partial charge >= 0.3 is 0 Å². The SMILES string of the molecule is COc1cncc(OC2CCN(S(=O)(=O)Cc3noc4ccccc34)C2)n1. The molecule has 1 aliphatic rings. The molecule has 3 aromatic rings. The van der Waals surface area contributed by atoms with Crippen molar-refractivity contribution in [2.45, 2.75) is 18.3 Å². The first-order valence-corrected chi connectivity index (χ1v) is 10.00. The molecule has 1 saturated heterocycles. The second-order valence-corrected chi connectivity index (χ2v) is 8.14. The maximum atomic E-state index is 12.8. The van der Waals surface area contributed by atoms with Crippen molar-refractivity contribution in [1.82, 2.24) is 19.4 Å². The summed E-state index contributed by atoms with van der Waals surface area (Å²) in [6, 6.07) is 7.20. The van der Waals surface area contributed by atoms with Gasteiger partial charge in [0.1, 0.15) is 17.6 Å². The van der Waals surface area contributed by atoms with Crippen LogP contribution in [-0.4, -0.2) is 54.2 Å². The van der Waals surface area contributed by atoms with Gasteiger partial charge in [-0.05, 0) is 18.6 Å². The topological polar surface area (TPSA) is 108 Å². The minimum atomic E-state index is -3.54. The number of benzene rings is 1. The number of para-hydroxylation sites is 1. The summed E-state index contributed by atoms with van der Waals surface area (Å²) in [5.41, 5.74) is 0.982. The molecule has 10 heteroatoms. The van der Waals surface area contributed by atoms with Crippen LogP contribution in [0.3, 0.4) is 0 Å². The highest BCUT2D eigenvalue weighted by Gasteiger charge is 2.34. The average molecular weight is 390 g/mol. The second-order valence-electron chi connectivity index (χ2n) is 6.17. The first-order valence-electron chi connectivity index (χ1n) is 8.39. The van der Waals surface area contributed by atoms with Gasteiger partial charge < -0.3 is 14.0 Å². The summed E-state index contributed by atoms with van der Waals surface area (Å²) in [5.74, 6) is 0.435. The predicted octanol–water partition coefficient (Wildman–Crippen LogP) is 1.61. The van der Waals surface area contributed by atoms with Crippen LogP contribution in [0.25, 0.3) is 11.0 Å². The molecule has 0 aliphatic carbocycles. The Balaban J connectivity index is 1.44. The number of ether oxygens (including phenoxy) is 2. The van der Waals surface area contributed by atoms with Crippen molar-refractivity contribution in [1.29, 1.82) is 0 Å². The highest BCUT2D eigenvalue weighted by molar-refractivity contribution is 7.88. The van der Waals surface area contributed by atoms with Crippen LogP contribution >= 0.6 is 0 Å². The zero-order valence-corrected chi connectivity index (χ0v) is 15.4. The first-order chi connectivity index (χ1) is 13.0. The van der Waals surface area contributed by atoms with Gasteiger partial charge in [-0.15, -0.1) is 0 Å². The fourth-order valence-electron chi connectivity index (χ4n) is 3.01. The van der Waals surface area contributed by atoms with Gasteiger partial charge in [-0.25, -0.2) is 8.42 Å². The van der Waals surface area contributed by atoms with Gasteiger partial charge in [0.05, 0.1) is 26.0 Å². The maximum Gasteiger partial charge on any atom is 0.235 e. The van der Waals surface area contributed by atoms with Crippen molar-refractivity contribution >= 4 is 21.0 Å². The van der Waals surface area contributed by atoms with Crippen molar-refractivity contribution in [2.24, 2.45) is 0 Å². The Labute approximate surface area is 156 Å². The van der Waals surface area contributed by atoms with E-state index in [9.17, 15) is 8.42 Å². The van der Waals surface area contributed by atoms with Crippen molar-refractivity contribution in [3.05, 3.63) is 42.4 Å². The molecule has 142 valence electrons. The molecular formula is C17H18N4O5S. The lowest BCUT2D eigenvalue weighted by Crippen LogP contribution is -2.32. The Morgan fingerprint density at radius 1 is 1.26 bits per heavy atom. The summed E-state index contributed by atoms with van der Waals surface area (Å²) in [5, 5.41) is 4.62. The highest BCUT2D eigenvalue weighted by atomic mass is 32.2. The zero-order valence-electron chi connectivity index (χ0n) is 14.6. The number of aromatic nitrogens is 3. The van der Waals surface area contributed by atoms with E-state index >= 15 is 0 Å². The van der Waals surface area contributed by atoms with Crippen molar-refractivity contribution in [3.63, 3.8) is 0 Å². The van der Waals surface area contributed by atoms with Crippen molar-refractivity contribution in [3.8, 4) is 11.8 Å². The molecule has 9 nitrogen and oxygen atoms in total. The molecule has 0 radical (unpaired) electrons. The lowest BCUT2D eigenvalue weighted by atomic mass is 10.2. The van der Waals surface area contributed by atoms with E-state index in [2.05, 4.69) is 15.1 Å². The van der Waals surface area contributed by atoms with Crippen LogP contribution in [0.5, 0.6) is 11.8 Å². The fourth-order valence-corrected chi connectivity index (χ4v) is 4.52. The summed E-state index contributed by atoms with van der Waals surface area (Å²) in [4.78, 5) is 8.12. The average Bonchev–Trinajstić information content (AvgIpc) is 3.30. The molecule has 1 unspecified atom stereocenters. The summed E-state index contributed by atoms with van der Waals surface area (Å²) in [6.07, 6.45) is 3.22. The van der Waals surface area contributed by atoms with E-state index in [4.69, 9.17) is 14.0 Å². The molecule has 0 bridgehead atoms. The number of hydrogen-bond acceptors (Lipinski definition) is 8. The second kappa shape index (κ2) is 7.12. The minimum Gasteiger partial charge on any atom is -0.480 e. The van der Waals surface area contributed by atoms with Gasteiger partial charge in [-0.2, -0.15) is 9.29 Å². The van der Waals surface area contributed by atoms with Crippen LogP contribution in [0.1, 0.15) is 12.1 Å². The molecule has 2 aromatic heterocycles. The maximum absolute atomic E-state index is 12.8. The molecule has 3 heterocycles. The van der Waals surface area contributed by atoms with Gasteiger partial charge in [-0.1, -0.05) is 17.3 Å². The third-order valence-corrected chi connectivity index (χ3v) is 6.12. The molecular weight excluding hydrogens is 372 g/mol. The Kier molecular flexibility index (Phi) is 4.66. The number of sulfonamides is 1. The van der Waals surface area contributed by atoms with E-state index in [1.807, 2.05) is 12.1 Å². The number of fused-ring (bicyclic) bond motifs is 1. The largest absolute Gasteiger partial charge is 0.480 e. The summed E-state index contributed by atoms with van der Waals surface area (Å²) in [6.45, 7) is 0.622. The van der Waals surface area contributed by atoms with E-state index < -0.39 is 10.0 Å². The van der Waals surface area contributed by atoms with E-state index in [1.165, 1.54) is 23.8 Å². The molecule has 0 saturated carbocycles. The van der Waals surface area contributed by atoms with Gasteiger partial charge in [0, 0.05) is 11.9 Å². The van der Waals surface area contributed by atoms with Crippen LogP contribution in [0, 0.1) is 0 Å². The minimum absolute atomic E-state index is 0.213. The van der Waals surface area contributed by atoms with Crippen molar-refractivity contribution < 1.29 is 22.4 Å². The number of nitrogens with zero attached hydrogens (tertiary/aromatic N) is 4. The Morgan fingerprint density at radius 2 is 2.07 bits per heavy atom. The van der Waals surface area contributed by atoms with Crippen LogP contribution in [0.4, 0.5) is 0 Å². The Morgan fingerprint density at radius 3 is 2.93 bits per heavy atom. The molecule has 0 N–H and O–H groups in total. The summed E-state index contributed by atoms with van der Waals surface area (Å²) in [7, 11) is -2.05. The quantitative estimate of drug-likeness (QED) is 0.625. The normalized spacial score (nSPS) is 18.0. The van der Waals surface area contributed by atoms with E-state index in [-0.39, 0.29) is 18.4 Å². The van der Waals surface area contributed by atoms with Gasteiger partial charge in [-0.3, -0.25) is 4.98 Å². The Hall–Kier alpha value is -2.72. The number of hydrogen-bond donors (Lipinski definition) is 0. The van der Waals surface area contributed by atoms with Crippen LogP contribution in [-0.2, 0) is 15.8 Å². The standard InChI is InChI=1S/C17H18N4O5S/c1-24-16-8-18-9-17(19-16)25-12-6-7-21(10-12)27(22,23)11-14-13-4-2-3-5-15(13)26-20-14/h2-5,8-9,12H,6-7,10-11H2,1H3. The van der Waals surface area contributed by atoms with Gasteiger partial charge in [0.2, 0.25) is 21.8 Å². The van der Waals surface area contributed by atoms with E-state index in [1.54, 1.807) is 12.1 Å². The van der Waals surface area contributed by atoms with Crippen LogP contribution in [0.15, 0.2) is 41.2 Å². The zero-order chi connectivity index (χ0) is 18.9. The van der Waals surface area contributed by atoms with Gasteiger partial charge in [0.25, 0.3) is 0 Å². The lowest BCUT2D eigenvalue weighted by Gasteiger charge is -2.16. The van der Waals surface area contributed by atoms with Crippen molar-refractivity contribution in [2.75, 3.05) is 20.2 Å². The monoisotopic (exact) mass is 390 g/mol. The lowest BCUT2D eigenvalue weighted by molar-refractivity contribution is 0.203. The fraction of sp³-hybridized carbons (Fsp3) is 0.353. The molecule has 1 aliphatic heterocycles. The Bertz CT molecular complexity index is 1050. The molecule has 0 amide bonds. The molecule has 1 aromatic carbocycles. The van der Waals surface area contributed by atoms with E-state index in [0.717, 1.165) is 0 Å². The van der Waals surface area contributed by atoms with Crippen LogP contribution < -0.4 is 9.47 Å². The number of methoxy groups -OCH3 is 1. The third kappa shape index (κ3) is 3.71. The van der Waals surface area contributed by atoms with Crippen LogP contribution in [0.2, 0.25) is 0 Å². The first kappa shape index (κ1) is 17.7. The molecule has 27 heavy (non-hydrogen) atoms. The summed E-state index contributed by atoms with van der Waals surface area (Å²) < 4.78 is 42.9. The predicted molar refractivity (Wildman–Crippen MR) is 95.8 cm³/mol. The number of rotatable bonds is 6. The van der Waals surface area contributed by atoms with Gasteiger partial charge in [0.15, 0.2) is 5.58 Å². The third-order valence-electron chi connectivity index (χ3n) is 4.36. The molecule has 0 spiro atoms. The molecule has 1 atom stereocenters. The summed E-state index contributed by atoms with van der Waals surface area (Å²) >= 11 is 0. The smallest absolute Gasteiger partial charge is 0.235 e. The van der Waals surface area contributed by atoms with E-state index in [0.29, 0.717) is 41.4 Å².